The van der Waals surface area contributed by atoms with E-state index in [0.717, 1.165) is 43.1 Å². The topological polar surface area (TPSA) is 49.6 Å². The summed E-state index contributed by atoms with van der Waals surface area (Å²) >= 11 is 0. The number of piperazine rings is 1. The zero-order valence-corrected chi connectivity index (χ0v) is 14.4. The minimum Gasteiger partial charge on any atom is -0.314 e. The van der Waals surface area contributed by atoms with Gasteiger partial charge < -0.3 is 5.32 Å². The SMILES string of the molecule is Cc1cccn2c(=O)cc(CN3CCNCC34CCCCC4)nc12. The van der Waals surface area contributed by atoms with Crippen LogP contribution in [0.3, 0.4) is 0 Å². The van der Waals surface area contributed by atoms with Gasteiger partial charge in [-0.05, 0) is 31.4 Å². The number of rotatable bonds is 2. The molecule has 0 amide bonds. The average Bonchev–Trinajstić information content (AvgIpc) is 2.59. The fourth-order valence-corrected chi connectivity index (χ4v) is 4.42. The summed E-state index contributed by atoms with van der Waals surface area (Å²) < 4.78 is 1.65. The van der Waals surface area contributed by atoms with Crippen LogP contribution in [0.15, 0.2) is 29.2 Å². The summed E-state index contributed by atoms with van der Waals surface area (Å²) in [7, 11) is 0. The third kappa shape index (κ3) is 2.76. The number of nitrogens with zero attached hydrogens (tertiary/aromatic N) is 3. The molecule has 2 aromatic rings. The Morgan fingerprint density at radius 3 is 2.96 bits per heavy atom. The molecular formula is C19H26N4O. The number of nitrogens with one attached hydrogen (secondary N) is 1. The highest BCUT2D eigenvalue weighted by Gasteiger charge is 2.39. The Morgan fingerprint density at radius 1 is 1.29 bits per heavy atom. The first-order valence-electron chi connectivity index (χ1n) is 9.12. The smallest absolute Gasteiger partial charge is 0.258 e. The van der Waals surface area contributed by atoms with E-state index < -0.39 is 0 Å². The Balaban J connectivity index is 1.67. The molecule has 0 bridgehead atoms. The maximum Gasteiger partial charge on any atom is 0.258 e. The summed E-state index contributed by atoms with van der Waals surface area (Å²) in [5, 5.41) is 3.58. The fraction of sp³-hybridized carbons (Fsp3) is 0.579. The third-order valence-corrected chi connectivity index (χ3v) is 5.76. The first kappa shape index (κ1) is 15.8. The van der Waals surface area contributed by atoms with Crippen LogP contribution < -0.4 is 10.9 Å². The largest absolute Gasteiger partial charge is 0.314 e. The Labute approximate surface area is 142 Å². The molecule has 1 aliphatic heterocycles. The molecule has 0 radical (unpaired) electrons. The van der Waals surface area contributed by atoms with Gasteiger partial charge in [0.25, 0.3) is 5.56 Å². The number of hydrogen-bond donors (Lipinski definition) is 1. The zero-order chi connectivity index (χ0) is 16.6. The molecule has 3 heterocycles. The molecular weight excluding hydrogens is 300 g/mol. The second kappa shape index (κ2) is 6.30. The molecule has 1 N–H and O–H groups in total. The second-order valence-corrected chi connectivity index (χ2v) is 7.35. The minimum absolute atomic E-state index is 0.0199. The summed E-state index contributed by atoms with van der Waals surface area (Å²) in [5.41, 5.74) is 3.01. The Bertz CT molecular complexity index is 783. The van der Waals surface area contributed by atoms with Gasteiger partial charge in [0.1, 0.15) is 5.65 Å². The molecule has 5 heteroatoms. The molecule has 128 valence electrons. The van der Waals surface area contributed by atoms with E-state index in [2.05, 4.69) is 10.2 Å². The van der Waals surface area contributed by atoms with E-state index in [-0.39, 0.29) is 11.1 Å². The molecule has 4 rings (SSSR count). The summed E-state index contributed by atoms with van der Waals surface area (Å²) in [6.07, 6.45) is 8.28. The normalized spacial score (nSPS) is 21.4. The van der Waals surface area contributed by atoms with Gasteiger partial charge in [0.05, 0.1) is 5.69 Å². The summed E-state index contributed by atoms with van der Waals surface area (Å²) in [6, 6.07) is 5.63. The molecule has 1 saturated carbocycles. The molecule has 2 aliphatic rings. The first-order valence-corrected chi connectivity index (χ1v) is 9.12. The van der Waals surface area contributed by atoms with Gasteiger partial charge in [-0.1, -0.05) is 25.3 Å². The van der Waals surface area contributed by atoms with E-state index in [1.165, 1.54) is 32.1 Å². The average molecular weight is 326 g/mol. The number of hydrogen-bond acceptors (Lipinski definition) is 4. The van der Waals surface area contributed by atoms with Crippen molar-refractivity contribution in [3.8, 4) is 0 Å². The van der Waals surface area contributed by atoms with E-state index in [1.807, 2.05) is 19.1 Å². The quantitative estimate of drug-likeness (QED) is 0.918. The Kier molecular flexibility index (Phi) is 4.14. The van der Waals surface area contributed by atoms with Gasteiger partial charge in [-0.2, -0.15) is 0 Å². The summed E-state index contributed by atoms with van der Waals surface area (Å²) in [6.45, 7) is 5.92. The highest BCUT2D eigenvalue weighted by molar-refractivity contribution is 5.46. The van der Waals surface area contributed by atoms with Gasteiger partial charge in [0.2, 0.25) is 0 Å². The lowest BCUT2D eigenvalue weighted by Crippen LogP contribution is -2.61. The predicted octanol–water partition coefficient (Wildman–Crippen LogP) is 2.11. The standard InChI is InChI=1S/C19H26N4O/c1-15-6-5-10-23-17(24)12-16(21-18(15)23)13-22-11-9-20-14-19(22)7-3-2-4-8-19/h5-6,10,12,20H,2-4,7-9,11,13-14H2,1H3. The van der Waals surface area contributed by atoms with Crippen LogP contribution in [0.2, 0.25) is 0 Å². The van der Waals surface area contributed by atoms with Gasteiger partial charge in [0, 0.05) is 44.0 Å². The second-order valence-electron chi connectivity index (χ2n) is 7.35. The van der Waals surface area contributed by atoms with Crippen molar-refractivity contribution in [2.24, 2.45) is 0 Å². The molecule has 1 aliphatic carbocycles. The van der Waals surface area contributed by atoms with Crippen LogP contribution in [0, 0.1) is 6.92 Å². The molecule has 0 aromatic carbocycles. The summed E-state index contributed by atoms with van der Waals surface area (Å²) in [5.74, 6) is 0. The van der Waals surface area contributed by atoms with Crippen molar-refractivity contribution in [2.45, 2.75) is 51.1 Å². The van der Waals surface area contributed by atoms with E-state index in [4.69, 9.17) is 4.98 Å². The van der Waals surface area contributed by atoms with Gasteiger partial charge in [0.15, 0.2) is 0 Å². The maximum atomic E-state index is 12.5. The lowest BCUT2D eigenvalue weighted by molar-refractivity contribution is 0.0199. The van der Waals surface area contributed by atoms with Crippen LogP contribution in [0.1, 0.15) is 43.4 Å². The van der Waals surface area contributed by atoms with Crippen molar-refractivity contribution in [3.63, 3.8) is 0 Å². The maximum absolute atomic E-state index is 12.5. The van der Waals surface area contributed by atoms with Crippen molar-refractivity contribution in [2.75, 3.05) is 19.6 Å². The number of pyridine rings is 1. The molecule has 5 nitrogen and oxygen atoms in total. The van der Waals surface area contributed by atoms with Crippen LogP contribution in [-0.2, 0) is 6.54 Å². The van der Waals surface area contributed by atoms with Crippen LogP contribution in [0.5, 0.6) is 0 Å². The molecule has 2 fully saturated rings. The van der Waals surface area contributed by atoms with Gasteiger partial charge in [-0.15, -0.1) is 0 Å². The zero-order valence-electron chi connectivity index (χ0n) is 14.4. The van der Waals surface area contributed by atoms with Crippen molar-refractivity contribution < 1.29 is 0 Å². The van der Waals surface area contributed by atoms with Crippen LogP contribution in [0.4, 0.5) is 0 Å². The molecule has 1 spiro atoms. The lowest BCUT2D eigenvalue weighted by Gasteiger charge is -2.49. The van der Waals surface area contributed by atoms with Crippen LogP contribution in [0.25, 0.3) is 5.65 Å². The highest BCUT2D eigenvalue weighted by atomic mass is 16.1. The van der Waals surface area contributed by atoms with Crippen LogP contribution >= 0.6 is 0 Å². The number of aryl methyl sites for hydroxylation is 1. The van der Waals surface area contributed by atoms with E-state index in [0.29, 0.717) is 0 Å². The first-order chi connectivity index (χ1) is 11.7. The van der Waals surface area contributed by atoms with Crippen molar-refractivity contribution in [1.82, 2.24) is 19.6 Å². The van der Waals surface area contributed by atoms with Crippen LogP contribution in [-0.4, -0.2) is 39.5 Å². The third-order valence-electron chi connectivity index (χ3n) is 5.76. The number of aromatic nitrogens is 2. The molecule has 1 saturated heterocycles. The molecule has 0 unspecified atom stereocenters. The number of fused-ring (bicyclic) bond motifs is 1. The van der Waals surface area contributed by atoms with E-state index in [1.54, 1.807) is 16.7 Å². The summed E-state index contributed by atoms with van der Waals surface area (Å²) in [4.78, 5) is 19.8. The Hall–Kier alpha value is -1.72. The molecule has 24 heavy (non-hydrogen) atoms. The van der Waals surface area contributed by atoms with E-state index >= 15 is 0 Å². The minimum atomic E-state index is 0.0199. The van der Waals surface area contributed by atoms with E-state index in [9.17, 15) is 4.79 Å². The van der Waals surface area contributed by atoms with Gasteiger partial charge in [-0.25, -0.2) is 4.98 Å². The van der Waals surface area contributed by atoms with Crippen molar-refractivity contribution in [1.29, 1.82) is 0 Å². The molecule has 2 aromatic heterocycles. The fourth-order valence-electron chi connectivity index (χ4n) is 4.42. The predicted molar refractivity (Wildman–Crippen MR) is 95.3 cm³/mol. The van der Waals surface area contributed by atoms with Crippen molar-refractivity contribution in [3.05, 3.63) is 46.0 Å². The highest BCUT2D eigenvalue weighted by Crippen LogP contribution is 2.35. The Morgan fingerprint density at radius 2 is 2.12 bits per heavy atom. The van der Waals surface area contributed by atoms with Crippen molar-refractivity contribution >= 4 is 5.65 Å². The lowest BCUT2D eigenvalue weighted by atomic mass is 9.79. The monoisotopic (exact) mass is 326 g/mol. The molecule has 0 atom stereocenters. The van der Waals surface area contributed by atoms with Gasteiger partial charge in [-0.3, -0.25) is 14.1 Å². The van der Waals surface area contributed by atoms with Gasteiger partial charge >= 0.3 is 0 Å².